The number of hydrogen-bond acceptors (Lipinski definition) is 3. The van der Waals surface area contributed by atoms with Gasteiger partial charge in [-0.1, -0.05) is 13.8 Å². The molecule has 2 fully saturated rings. The Kier molecular flexibility index (Phi) is 7.70. The van der Waals surface area contributed by atoms with Gasteiger partial charge in [-0.05, 0) is 50.4 Å². The van der Waals surface area contributed by atoms with Gasteiger partial charge in [0.1, 0.15) is 0 Å². The Labute approximate surface area is 171 Å². The fourth-order valence-electron chi connectivity index (χ4n) is 4.20. The van der Waals surface area contributed by atoms with Crippen molar-refractivity contribution in [3.8, 4) is 0 Å². The molecule has 11 heteroatoms. The number of nitrogens with two attached hydrogens (primary N) is 1. The Balaban J connectivity index is 2.08. The number of halogens is 7. The Morgan fingerprint density at radius 2 is 1.60 bits per heavy atom. The molecule has 0 radical (unpaired) electrons. The van der Waals surface area contributed by atoms with Gasteiger partial charge in [0.05, 0.1) is 18.8 Å². The summed E-state index contributed by atoms with van der Waals surface area (Å²) >= 11 is 0. The molecule has 2 aliphatic rings. The normalized spacial score (nSPS) is 29.4. The molecule has 0 aromatic rings. The average Bonchev–Trinajstić information content (AvgIpc) is 2.65. The molecule has 0 spiro atoms. The van der Waals surface area contributed by atoms with E-state index in [9.17, 15) is 35.5 Å². The zero-order valence-corrected chi connectivity index (χ0v) is 17.0. The van der Waals surface area contributed by atoms with Crippen LogP contribution in [0.2, 0.25) is 0 Å². The minimum absolute atomic E-state index is 0.122. The second-order valence-electron chi connectivity index (χ2n) is 8.63. The fourth-order valence-corrected chi connectivity index (χ4v) is 4.20. The summed E-state index contributed by atoms with van der Waals surface area (Å²) in [7, 11) is 0. The molecule has 176 valence electrons. The number of nitrogens with zero attached hydrogens (tertiary/aromatic N) is 1. The molecule has 1 amide bonds. The molecule has 1 saturated carbocycles. The van der Waals surface area contributed by atoms with Gasteiger partial charge in [0.15, 0.2) is 0 Å². The van der Waals surface area contributed by atoms with E-state index in [2.05, 4.69) is 13.8 Å². The Morgan fingerprint density at radius 1 is 1.03 bits per heavy atom. The lowest BCUT2D eigenvalue weighted by molar-refractivity contribution is -0.346. The summed E-state index contributed by atoms with van der Waals surface area (Å²) in [6, 6.07) is -2.05. The maximum atomic E-state index is 13.9. The van der Waals surface area contributed by atoms with Crippen molar-refractivity contribution in [2.75, 3.05) is 13.2 Å². The van der Waals surface area contributed by atoms with E-state index in [-0.39, 0.29) is 25.7 Å². The van der Waals surface area contributed by atoms with Gasteiger partial charge in [-0.15, -0.1) is 0 Å². The van der Waals surface area contributed by atoms with E-state index in [1.165, 1.54) is 0 Å². The van der Waals surface area contributed by atoms with E-state index < -0.39 is 36.0 Å². The van der Waals surface area contributed by atoms with Crippen molar-refractivity contribution in [3.63, 3.8) is 0 Å². The number of ether oxygens (including phenoxy) is 1. The second kappa shape index (κ2) is 9.18. The summed E-state index contributed by atoms with van der Waals surface area (Å²) in [4.78, 5) is 12.5. The molecule has 1 aliphatic carbocycles. The Bertz CT molecular complexity index is 590. The third-order valence-electron chi connectivity index (χ3n) is 6.28. The van der Waals surface area contributed by atoms with Gasteiger partial charge in [-0.2, -0.15) is 30.7 Å². The van der Waals surface area contributed by atoms with Gasteiger partial charge in [0.2, 0.25) is 0 Å². The van der Waals surface area contributed by atoms with Crippen LogP contribution in [0, 0.1) is 11.8 Å². The van der Waals surface area contributed by atoms with Crippen molar-refractivity contribution in [2.45, 2.75) is 88.6 Å². The highest BCUT2D eigenvalue weighted by molar-refractivity contribution is 5.85. The molecular weight excluding hydrogens is 421 g/mol. The molecule has 4 nitrogen and oxygen atoms in total. The second-order valence-corrected chi connectivity index (χ2v) is 8.63. The van der Waals surface area contributed by atoms with Crippen LogP contribution >= 0.6 is 0 Å². The lowest BCUT2D eigenvalue weighted by Gasteiger charge is -2.42. The van der Waals surface area contributed by atoms with Crippen molar-refractivity contribution in [1.29, 1.82) is 0 Å². The molecule has 1 heterocycles. The first-order valence-corrected chi connectivity index (χ1v) is 10.2. The minimum atomic E-state index is -6.56. The summed E-state index contributed by atoms with van der Waals surface area (Å²) in [5.74, 6) is -13.9. The maximum absolute atomic E-state index is 13.9. The van der Waals surface area contributed by atoms with Crippen molar-refractivity contribution >= 4 is 5.91 Å². The SMILES string of the molecule is CC(C)[C@H]1CC[C@@H](OC[C@H]2C(N)CCCN2C(=O)C(F)(F)C(F)(F)C(F)(F)F)CC1. The molecule has 2 N–H and O–H groups in total. The molecule has 1 saturated heterocycles. The average molecular weight is 450 g/mol. The fraction of sp³-hybridized carbons (Fsp3) is 0.947. The van der Waals surface area contributed by atoms with Gasteiger partial charge in [-0.3, -0.25) is 4.79 Å². The number of rotatable bonds is 6. The summed E-state index contributed by atoms with van der Waals surface area (Å²) in [6.45, 7) is 3.57. The van der Waals surface area contributed by atoms with E-state index in [1.54, 1.807) is 0 Å². The van der Waals surface area contributed by atoms with E-state index in [4.69, 9.17) is 10.5 Å². The first-order chi connectivity index (χ1) is 13.7. The van der Waals surface area contributed by atoms with Crippen LogP contribution in [0.4, 0.5) is 30.7 Å². The number of amides is 1. The predicted molar refractivity (Wildman–Crippen MR) is 95.2 cm³/mol. The number of likely N-dealkylation sites (tertiary alicyclic amines) is 1. The van der Waals surface area contributed by atoms with Crippen LogP contribution in [0.1, 0.15) is 52.4 Å². The molecule has 0 bridgehead atoms. The molecule has 1 aliphatic heterocycles. The van der Waals surface area contributed by atoms with Crippen molar-refractivity contribution in [2.24, 2.45) is 17.6 Å². The van der Waals surface area contributed by atoms with Crippen LogP contribution in [-0.2, 0) is 9.53 Å². The predicted octanol–water partition coefficient (Wildman–Crippen LogP) is 4.37. The molecule has 30 heavy (non-hydrogen) atoms. The lowest BCUT2D eigenvalue weighted by Crippen LogP contribution is -2.65. The zero-order chi connectivity index (χ0) is 22.9. The van der Waals surface area contributed by atoms with E-state index >= 15 is 0 Å². The number of alkyl halides is 7. The van der Waals surface area contributed by atoms with Crippen LogP contribution in [0.5, 0.6) is 0 Å². The van der Waals surface area contributed by atoms with Crippen molar-refractivity contribution in [3.05, 3.63) is 0 Å². The largest absolute Gasteiger partial charge is 0.460 e. The van der Waals surface area contributed by atoms with Crippen LogP contribution in [-0.4, -0.2) is 60.2 Å². The maximum Gasteiger partial charge on any atom is 0.460 e. The van der Waals surface area contributed by atoms with Crippen LogP contribution in [0.3, 0.4) is 0 Å². The van der Waals surface area contributed by atoms with Crippen molar-refractivity contribution < 1.29 is 40.3 Å². The first kappa shape index (κ1) is 25.2. The number of hydrogen-bond donors (Lipinski definition) is 1. The van der Waals surface area contributed by atoms with Crippen LogP contribution < -0.4 is 5.73 Å². The van der Waals surface area contributed by atoms with E-state index in [0.29, 0.717) is 23.2 Å². The third kappa shape index (κ3) is 5.03. The third-order valence-corrected chi connectivity index (χ3v) is 6.28. The van der Waals surface area contributed by atoms with Gasteiger partial charge < -0.3 is 15.4 Å². The monoisotopic (exact) mass is 450 g/mol. The molecule has 2 atom stereocenters. The highest BCUT2D eigenvalue weighted by atomic mass is 19.4. The van der Waals surface area contributed by atoms with Gasteiger partial charge in [0, 0.05) is 12.6 Å². The highest BCUT2D eigenvalue weighted by Crippen LogP contribution is 2.47. The molecule has 1 unspecified atom stereocenters. The quantitative estimate of drug-likeness (QED) is 0.612. The molecule has 0 aromatic carbocycles. The van der Waals surface area contributed by atoms with Gasteiger partial charge in [0.25, 0.3) is 5.91 Å². The summed E-state index contributed by atoms with van der Waals surface area (Å²) in [5, 5.41) is 0. The zero-order valence-electron chi connectivity index (χ0n) is 17.0. The molecule has 0 aromatic heterocycles. The summed E-state index contributed by atoms with van der Waals surface area (Å²) in [5.41, 5.74) is 5.89. The van der Waals surface area contributed by atoms with E-state index in [0.717, 1.165) is 25.7 Å². The number of carbonyl (C=O) groups excluding carboxylic acids is 1. The Morgan fingerprint density at radius 3 is 2.10 bits per heavy atom. The first-order valence-electron chi connectivity index (χ1n) is 10.2. The summed E-state index contributed by atoms with van der Waals surface area (Å²) in [6.07, 6.45) is -3.04. The standard InChI is InChI=1S/C19H29F7N2O2/c1-11(2)12-5-7-13(8-6-12)30-10-15-14(27)4-3-9-28(15)16(29)17(20,21)18(22,23)19(24,25)26/h11-15H,3-10,27H2,1-2H3/t12-,13+,14?,15-/m0/s1. The molecule has 2 rings (SSSR count). The van der Waals surface area contributed by atoms with Crippen molar-refractivity contribution in [1.82, 2.24) is 4.90 Å². The molecular formula is C19H29F7N2O2. The number of carbonyl (C=O) groups is 1. The van der Waals surface area contributed by atoms with Gasteiger partial charge in [-0.25, -0.2) is 0 Å². The highest BCUT2D eigenvalue weighted by Gasteiger charge is 2.77. The van der Waals surface area contributed by atoms with Crippen LogP contribution in [0.15, 0.2) is 0 Å². The topological polar surface area (TPSA) is 55.6 Å². The van der Waals surface area contributed by atoms with Crippen LogP contribution in [0.25, 0.3) is 0 Å². The Hall–Kier alpha value is -1.10. The smallest absolute Gasteiger partial charge is 0.376 e. The number of piperidine rings is 1. The minimum Gasteiger partial charge on any atom is -0.376 e. The van der Waals surface area contributed by atoms with E-state index in [1.807, 2.05) is 0 Å². The lowest BCUT2D eigenvalue weighted by atomic mass is 9.80. The summed E-state index contributed by atoms with van der Waals surface area (Å²) < 4.78 is 97.7. The van der Waals surface area contributed by atoms with Gasteiger partial charge >= 0.3 is 18.0 Å².